The molecule has 0 saturated heterocycles. The highest BCUT2D eigenvalue weighted by Crippen LogP contribution is 2.53. The van der Waals surface area contributed by atoms with E-state index < -0.39 is 17.0 Å². The number of anilines is 1. The van der Waals surface area contributed by atoms with E-state index in [2.05, 4.69) is 32.1 Å². The number of aliphatic hydroxyl groups is 2. The molecule has 5 rings (SSSR count). The number of carbonyl (C=O) groups excluding carboxylic acids is 1. The van der Waals surface area contributed by atoms with Crippen molar-refractivity contribution in [2.24, 2.45) is 18.9 Å². The number of rotatable bonds is 6. The molecule has 2 aromatic heterocycles. The van der Waals surface area contributed by atoms with Gasteiger partial charge >= 0.3 is 6.01 Å². The van der Waals surface area contributed by atoms with Crippen LogP contribution in [0.5, 0.6) is 6.01 Å². The first-order valence-corrected chi connectivity index (χ1v) is 13.5. The molecule has 0 radical (unpaired) electrons. The van der Waals surface area contributed by atoms with E-state index in [1.807, 2.05) is 0 Å². The normalized spacial score (nSPS) is 23.8. The summed E-state index contributed by atoms with van der Waals surface area (Å²) < 4.78 is 20.6. The highest BCUT2D eigenvalue weighted by molar-refractivity contribution is 6.31. The predicted octanol–water partition coefficient (Wildman–Crippen LogP) is 4.09. The number of benzene rings is 1. The number of hydrogen-bond donors (Lipinski definition) is 3. The van der Waals surface area contributed by atoms with E-state index in [9.17, 15) is 19.4 Å². The molecule has 9 nitrogen and oxygen atoms in total. The van der Waals surface area contributed by atoms with Gasteiger partial charge in [0.05, 0.1) is 22.6 Å². The Balaban J connectivity index is 1.24. The first-order chi connectivity index (χ1) is 18.9. The fourth-order valence-electron chi connectivity index (χ4n) is 5.68. The average molecular weight is 568 g/mol. The van der Waals surface area contributed by atoms with E-state index in [0.29, 0.717) is 29.9 Å². The van der Waals surface area contributed by atoms with E-state index in [1.54, 1.807) is 37.9 Å². The lowest BCUT2D eigenvalue weighted by Gasteiger charge is -2.19. The second-order valence-corrected chi connectivity index (χ2v) is 11.8. The van der Waals surface area contributed by atoms with Gasteiger partial charge in [0.25, 0.3) is 5.91 Å². The minimum absolute atomic E-state index is 0.0403. The van der Waals surface area contributed by atoms with Crippen LogP contribution < -0.4 is 10.1 Å². The molecule has 1 amide bonds. The van der Waals surface area contributed by atoms with Crippen LogP contribution in [-0.4, -0.2) is 53.4 Å². The van der Waals surface area contributed by atoms with Crippen LogP contribution in [0.1, 0.15) is 67.3 Å². The molecule has 2 aliphatic rings. The van der Waals surface area contributed by atoms with Crippen LogP contribution in [0.3, 0.4) is 0 Å². The molecule has 3 aromatic rings. The number of aromatic nitrogens is 4. The molecule has 2 atom stereocenters. The Bertz CT molecular complexity index is 1480. The first kappa shape index (κ1) is 28.0. The van der Waals surface area contributed by atoms with Gasteiger partial charge in [0, 0.05) is 24.8 Å². The summed E-state index contributed by atoms with van der Waals surface area (Å²) in [5, 5.41) is 23.8. The topological polar surface area (TPSA) is 122 Å². The summed E-state index contributed by atoms with van der Waals surface area (Å²) in [6.07, 6.45) is 5.78. The van der Waals surface area contributed by atoms with Crippen molar-refractivity contribution in [1.82, 2.24) is 19.5 Å². The molecular formula is C29H31ClFN5O4. The maximum Gasteiger partial charge on any atom is 0.317 e. The van der Waals surface area contributed by atoms with Gasteiger partial charge in [-0.25, -0.2) is 14.4 Å². The fourth-order valence-corrected chi connectivity index (χ4v) is 5.86. The minimum Gasteiger partial charge on any atom is -0.460 e. The van der Waals surface area contributed by atoms with Gasteiger partial charge in [0.1, 0.15) is 29.4 Å². The van der Waals surface area contributed by atoms with Gasteiger partial charge in [-0.05, 0) is 81.6 Å². The molecule has 2 saturated carbocycles. The lowest BCUT2D eigenvalue weighted by Crippen LogP contribution is -2.28. The van der Waals surface area contributed by atoms with Gasteiger partial charge in [-0.2, -0.15) is 4.98 Å². The van der Waals surface area contributed by atoms with E-state index >= 15 is 0 Å². The van der Waals surface area contributed by atoms with Gasteiger partial charge in [-0.1, -0.05) is 17.5 Å². The Kier molecular flexibility index (Phi) is 7.57. The van der Waals surface area contributed by atoms with Gasteiger partial charge in [0.2, 0.25) is 0 Å². The highest BCUT2D eigenvalue weighted by Gasteiger charge is 2.49. The molecule has 3 N–H and O–H groups in total. The Hall–Kier alpha value is -3.52. The monoisotopic (exact) mass is 567 g/mol. The molecule has 2 unspecified atom stereocenters. The summed E-state index contributed by atoms with van der Waals surface area (Å²) in [4.78, 5) is 26.0. The molecule has 2 heterocycles. The van der Waals surface area contributed by atoms with Crippen LogP contribution in [0, 0.1) is 29.5 Å². The van der Waals surface area contributed by atoms with E-state index in [1.165, 1.54) is 24.4 Å². The predicted molar refractivity (Wildman–Crippen MR) is 146 cm³/mol. The number of nitrogens with one attached hydrogen (secondary N) is 1. The number of carbonyl (C=O) groups is 1. The lowest BCUT2D eigenvalue weighted by molar-refractivity contribution is 0.0250. The van der Waals surface area contributed by atoms with Crippen molar-refractivity contribution in [2.45, 2.75) is 56.7 Å². The summed E-state index contributed by atoms with van der Waals surface area (Å²) in [5.74, 6) is 5.64. The van der Waals surface area contributed by atoms with Gasteiger partial charge in [-0.3, -0.25) is 4.79 Å². The smallest absolute Gasteiger partial charge is 0.317 e. The zero-order chi connectivity index (χ0) is 28.7. The van der Waals surface area contributed by atoms with Crippen LogP contribution in [0.4, 0.5) is 10.1 Å². The Morgan fingerprint density at radius 1 is 1.27 bits per heavy atom. The Morgan fingerprint density at radius 3 is 2.67 bits per heavy atom. The maximum absolute atomic E-state index is 13.5. The Labute approximate surface area is 236 Å². The van der Waals surface area contributed by atoms with Crippen molar-refractivity contribution < 1.29 is 24.1 Å². The lowest BCUT2D eigenvalue weighted by atomic mass is 9.92. The van der Waals surface area contributed by atoms with Crippen LogP contribution in [-0.2, 0) is 7.05 Å². The number of nitrogens with zero attached hydrogens (tertiary/aromatic N) is 4. The van der Waals surface area contributed by atoms with Gasteiger partial charge in [0.15, 0.2) is 0 Å². The first-order valence-electron chi connectivity index (χ1n) is 13.1. The fraction of sp³-hybridized carbons (Fsp3) is 0.448. The van der Waals surface area contributed by atoms with Crippen molar-refractivity contribution in [3.05, 3.63) is 64.7 Å². The number of halogens is 2. The zero-order valence-electron chi connectivity index (χ0n) is 22.5. The molecule has 11 heteroatoms. The van der Waals surface area contributed by atoms with Crippen LogP contribution in [0.25, 0.3) is 0 Å². The number of hydrogen-bond acceptors (Lipinski definition) is 7. The number of imidazole rings is 1. The second kappa shape index (κ2) is 10.8. The minimum atomic E-state index is -1.13. The average Bonchev–Trinajstić information content (AvgIpc) is 3.54. The van der Waals surface area contributed by atoms with E-state index in [4.69, 9.17) is 16.3 Å². The van der Waals surface area contributed by atoms with Crippen molar-refractivity contribution in [1.29, 1.82) is 0 Å². The maximum atomic E-state index is 13.5. The molecule has 40 heavy (non-hydrogen) atoms. The molecule has 210 valence electrons. The van der Waals surface area contributed by atoms with E-state index in [-0.39, 0.29) is 41.3 Å². The summed E-state index contributed by atoms with van der Waals surface area (Å²) in [7, 11) is 1.77. The van der Waals surface area contributed by atoms with Gasteiger partial charge < -0.3 is 24.8 Å². The van der Waals surface area contributed by atoms with Crippen molar-refractivity contribution in [2.75, 3.05) is 11.9 Å². The third kappa shape index (κ3) is 6.28. The second-order valence-electron chi connectivity index (χ2n) is 11.4. The number of aryl methyl sites for hydroxylation is 1. The third-order valence-electron chi connectivity index (χ3n) is 7.40. The SMILES string of the molecule is Cn1cnc(C2CC3CC(O)(C#Cc4ccnc(OCC(C)(C)O)n4)CC3C2)c1C(=O)Nc1ccc(F)c(Cl)c1. The van der Waals surface area contributed by atoms with Crippen molar-refractivity contribution in [3.8, 4) is 17.9 Å². The summed E-state index contributed by atoms with van der Waals surface area (Å²) in [6.45, 7) is 3.29. The Morgan fingerprint density at radius 2 is 2.00 bits per heavy atom. The van der Waals surface area contributed by atoms with Crippen LogP contribution in [0.15, 0.2) is 36.8 Å². The molecular weight excluding hydrogens is 537 g/mol. The quantitative estimate of drug-likeness (QED) is 0.383. The summed E-state index contributed by atoms with van der Waals surface area (Å²) >= 11 is 5.86. The van der Waals surface area contributed by atoms with Crippen molar-refractivity contribution in [3.63, 3.8) is 0 Å². The van der Waals surface area contributed by atoms with Crippen LogP contribution in [0.2, 0.25) is 5.02 Å². The van der Waals surface area contributed by atoms with Crippen molar-refractivity contribution >= 4 is 23.2 Å². The van der Waals surface area contributed by atoms with Gasteiger partial charge in [-0.15, -0.1) is 0 Å². The van der Waals surface area contributed by atoms with Crippen LogP contribution >= 0.6 is 11.6 Å². The standard InChI is InChI=1S/C29H31ClFN5O4/c1-28(2,38)15-40-27-32-9-7-20(35-27)6-8-29(39)13-18-10-17(11-19(18)14-29)24-25(36(3)16-33-24)26(37)34-21-4-5-23(31)22(30)12-21/h4-5,7,9,12,16-19,38-39H,10-11,13-15H2,1-3H3,(H,34,37). The number of ether oxygens (including phenoxy) is 1. The highest BCUT2D eigenvalue weighted by atomic mass is 35.5. The zero-order valence-corrected chi connectivity index (χ0v) is 23.2. The summed E-state index contributed by atoms with van der Waals surface area (Å²) in [5.41, 5.74) is -0.156. The molecule has 0 bridgehead atoms. The van der Waals surface area contributed by atoms with E-state index in [0.717, 1.165) is 18.5 Å². The molecule has 2 aliphatic carbocycles. The number of fused-ring (bicyclic) bond motifs is 1. The third-order valence-corrected chi connectivity index (χ3v) is 7.69. The number of amides is 1. The molecule has 1 aromatic carbocycles. The molecule has 2 fully saturated rings. The summed E-state index contributed by atoms with van der Waals surface area (Å²) in [6, 6.07) is 5.80. The molecule has 0 spiro atoms. The largest absolute Gasteiger partial charge is 0.460 e. The molecule has 0 aliphatic heterocycles.